The Morgan fingerprint density at radius 3 is 2.77 bits per heavy atom. The predicted octanol–water partition coefficient (Wildman–Crippen LogP) is 3.10. The molecule has 1 spiro atoms. The molecule has 26 heavy (non-hydrogen) atoms. The monoisotopic (exact) mass is 351 g/mol. The van der Waals surface area contributed by atoms with Gasteiger partial charge in [0.05, 0.1) is 0 Å². The molecule has 0 radical (unpaired) electrons. The van der Waals surface area contributed by atoms with E-state index in [0.29, 0.717) is 6.42 Å². The summed E-state index contributed by atoms with van der Waals surface area (Å²) in [6, 6.07) is 7.74. The lowest BCUT2D eigenvalue weighted by Gasteiger charge is -2.47. The molecule has 2 fully saturated rings. The number of carbonyl (C=O) groups is 2. The van der Waals surface area contributed by atoms with Crippen molar-refractivity contribution in [1.82, 2.24) is 14.8 Å². The molecule has 0 unspecified atom stereocenters. The van der Waals surface area contributed by atoms with Gasteiger partial charge < -0.3 is 9.80 Å². The second-order valence-electron chi connectivity index (χ2n) is 7.60. The second kappa shape index (κ2) is 6.71. The van der Waals surface area contributed by atoms with E-state index < -0.39 is 0 Å². The minimum atomic E-state index is 0.107. The zero-order chi connectivity index (χ0) is 18.1. The van der Waals surface area contributed by atoms with Gasteiger partial charge in [-0.2, -0.15) is 0 Å². The third-order valence-corrected chi connectivity index (χ3v) is 6.15. The lowest BCUT2D eigenvalue weighted by molar-refractivity contribution is -0.138. The van der Waals surface area contributed by atoms with Crippen molar-refractivity contribution in [1.29, 1.82) is 0 Å². The molecule has 3 heterocycles. The molecular formula is C21H25N3O2. The van der Waals surface area contributed by atoms with Crippen LogP contribution in [0.15, 0.2) is 36.7 Å². The lowest BCUT2D eigenvalue weighted by Crippen LogP contribution is -2.52. The van der Waals surface area contributed by atoms with E-state index in [1.807, 2.05) is 41.0 Å². The summed E-state index contributed by atoms with van der Waals surface area (Å²) in [7, 11) is 0. The minimum Gasteiger partial charge on any atom is -0.342 e. The van der Waals surface area contributed by atoms with Gasteiger partial charge in [-0.05, 0) is 49.1 Å². The molecule has 0 N–H and O–H groups in total. The number of pyridine rings is 1. The molecule has 2 aromatic rings. The normalized spacial score (nSPS) is 20.0. The highest BCUT2D eigenvalue weighted by atomic mass is 16.2. The van der Waals surface area contributed by atoms with E-state index in [-0.39, 0.29) is 17.2 Å². The van der Waals surface area contributed by atoms with Crippen LogP contribution in [0.25, 0.3) is 10.8 Å². The fourth-order valence-electron chi connectivity index (χ4n) is 4.46. The van der Waals surface area contributed by atoms with Crippen molar-refractivity contribution in [3.05, 3.63) is 42.2 Å². The zero-order valence-corrected chi connectivity index (χ0v) is 15.3. The lowest BCUT2D eigenvalue weighted by atomic mass is 9.72. The van der Waals surface area contributed by atoms with E-state index in [9.17, 15) is 9.59 Å². The predicted molar refractivity (Wildman–Crippen MR) is 101 cm³/mol. The summed E-state index contributed by atoms with van der Waals surface area (Å²) in [5, 5.41) is 1.96. The number of hydrogen-bond donors (Lipinski definition) is 0. The van der Waals surface area contributed by atoms with Crippen LogP contribution in [0.4, 0.5) is 0 Å². The van der Waals surface area contributed by atoms with Gasteiger partial charge in [-0.3, -0.25) is 14.6 Å². The summed E-state index contributed by atoms with van der Waals surface area (Å²) < 4.78 is 0. The average Bonchev–Trinajstić information content (AvgIpc) is 2.69. The molecule has 2 aliphatic rings. The minimum absolute atomic E-state index is 0.107. The molecule has 5 heteroatoms. The van der Waals surface area contributed by atoms with Crippen molar-refractivity contribution >= 4 is 22.6 Å². The third kappa shape index (κ3) is 2.96. The smallest absolute Gasteiger partial charge is 0.254 e. The largest absolute Gasteiger partial charge is 0.342 e. The second-order valence-corrected chi connectivity index (χ2v) is 7.60. The van der Waals surface area contributed by atoms with Gasteiger partial charge in [0.25, 0.3) is 5.91 Å². The number of fused-ring (bicyclic) bond motifs is 1. The van der Waals surface area contributed by atoms with Crippen molar-refractivity contribution in [2.75, 3.05) is 26.2 Å². The van der Waals surface area contributed by atoms with Crippen molar-refractivity contribution in [2.45, 2.75) is 32.6 Å². The molecule has 0 aliphatic carbocycles. The van der Waals surface area contributed by atoms with Crippen LogP contribution in [0, 0.1) is 5.41 Å². The van der Waals surface area contributed by atoms with Crippen LogP contribution in [0.3, 0.4) is 0 Å². The van der Waals surface area contributed by atoms with Crippen LogP contribution in [0.1, 0.15) is 43.0 Å². The number of likely N-dealkylation sites (tertiary alicyclic amines) is 2. The quantitative estimate of drug-likeness (QED) is 0.835. The Balaban J connectivity index is 1.49. The molecule has 0 atom stereocenters. The van der Waals surface area contributed by atoms with Gasteiger partial charge in [0.1, 0.15) is 0 Å². The van der Waals surface area contributed by atoms with E-state index in [4.69, 9.17) is 0 Å². The molecule has 136 valence electrons. The first kappa shape index (κ1) is 17.0. The van der Waals surface area contributed by atoms with E-state index in [0.717, 1.165) is 61.8 Å². The van der Waals surface area contributed by atoms with E-state index in [1.54, 1.807) is 12.4 Å². The van der Waals surface area contributed by atoms with Crippen LogP contribution in [0.5, 0.6) is 0 Å². The average molecular weight is 351 g/mol. The molecule has 2 aliphatic heterocycles. The molecule has 0 bridgehead atoms. The number of carbonyl (C=O) groups excluding carboxylic acids is 2. The Bertz CT molecular complexity index is 835. The maximum absolute atomic E-state index is 13.1. The Kier molecular flexibility index (Phi) is 4.39. The molecule has 5 nitrogen and oxygen atoms in total. The summed E-state index contributed by atoms with van der Waals surface area (Å²) in [5.74, 6) is 0.386. The van der Waals surface area contributed by atoms with Crippen molar-refractivity contribution in [2.24, 2.45) is 5.41 Å². The van der Waals surface area contributed by atoms with Gasteiger partial charge >= 0.3 is 0 Å². The van der Waals surface area contributed by atoms with Crippen LogP contribution >= 0.6 is 0 Å². The molecule has 1 aromatic heterocycles. The highest BCUT2D eigenvalue weighted by Gasteiger charge is 2.41. The third-order valence-electron chi connectivity index (χ3n) is 6.15. The Labute approximate surface area is 154 Å². The summed E-state index contributed by atoms with van der Waals surface area (Å²) in [6.07, 6.45) is 7.12. The number of hydrogen-bond acceptors (Lipinski definition) is 3. The van der Waals surface area contributed by atoms with E-state index in [1.165, 1.54) is 0 Å². The van der Waals surface area contributed by atoms with Gasteiger partial charge in [0.2, 0.25) is 5.91 Å². The summed E-state index contributed by atoms with van der Waals surface area (Å²) in [6.45, 7) is 5.22. The molecular weight excluding hydrogens is 326 g/mol. The fraction of sp³-hybridized carbons (Fsp3) is 0.476. The zero-order valence-electron chi connectivity index (χ0n) is 15.3. The summed E-state index contributed by atoms with van der Waals surface area (Å²) >= 11 is 0. The number of benzene rings is 1. The van der Waals surface area contributed by atoms with Crippen LogP contribution < -0.4 is 0 Å². The van der Waals surface area contributed by atoms with Crippen LogP contribution in [-0.4, -0.2) is 52.8 Å². The van der Waals surface area contributed by atoms with Gasteiger partial charge in [0.15, 0.2) is 0 Å². The van der Waals surface area contributed by atoms with Gasteiger partial charge in [0, 0.05) is 55.9 Å². The Morgan fingerprint density at radius 2 is 2.00 bits per heavy atom. The topological polar surface area (TPSA) is 53.5 Å². The fourth-order valence-corrected chi connectivity index (χ4v) is 4.46. The van der Waals surface area contributed by atoms with Gasteiger partial charge in [-0.1, -0.05) is 12.1 Å². The number of aromatic nitrogens is 1. The van der Waals surface area contributed by atoms with E-state index >= 15 is 0 Å². The summed E-state index contributed by atoms with van der Waals surface area (Å²) in [4.78, 5) is 33.2. The maximum Gasteiger partial charge on any atom is 0.254 e. The van der Waals surface area contributed by atoms with Crippen molar-refractivity contribution < 1.29 is 9.59 Å². The first-order valence-electron chi connectivity index (χ1n) is 9.52. The maximum atomic E-state index is 13.1. The highest BCUT2D eigenvalue weighted by molar-refractivity contribution is 6.06. The summed E-state index contributed by atoms with van der Waals surface area (Å²) in [5.41, 5.74) is 0.957. The first-order chi connectivity index (χ1) is 12.6. The molecule has 1 aromatic carbocycles. The number of piperidine rings is 2. The molecule has 0 saturated carbocycles. The van der Waals surface area contributed by atoms with E-state index in [2.05, 4.69) is 4.98 Å². The number of rotatable bonds is 2. The molecule has 2 saturated heterocycles. The first-order valence-corrected chi connectivity index (χ1v) is 9.52. The van der Waals surface area contributed by atoms with Crippen molar-refractivity contribution in [3.63, 3.8) is 0 Å². The van der Waals surface area contributed by atoms with Gasteiger partial charge in [-0.25, -0.2) is 0 Å². The standard InChI is InChI=1S/C21H25N3O2/c1-2-23-15-21(8-6-19(23)25)9-12-24(13-10-21)20(26)18-5-3-4-16-14-22-11-7-17(16)18/h3-5,7,11,14H,2,6,8-10,12-13,15H2,1H3. The number of amides is 2. The Hall–Kier alpha value is -2.43. The van der Waals surface area contributed by atoms with Gasteiger partial charge in [-0.15, -0.1) is 0 Å². The van der Waals surface area contributed by atoms with Crippen LogP contribution in [-0.2, 0) is 4.79 Å². The number of nitrogens with zero attached hydrogens (tertiary/aromatic N) is 3. The van der Waals surface area contributed by atoms with Crippen LogP contribution in [0.2, 0.25) is 0 Å². The molecule has 4 rings (SSSR count). The van der Waals surface area contributed by atoms with Crippen molar-refractivity contribution in [3.8, 4) is 0 Å². The highest BCUT2D eigenvalue weighted by Crippen LogP contribution is 2.40. The molecule has 2 amide bonds. The SMILES string of the molecule is CCN1CC2(CCC1=O)CCN(C(=O)c1cccc3cnccc13)CC2. The Morgan fingerprint density at radius 1 is 1.19 bits per heavy atom.